The number of nitrogen functional groups attached to an aromatic ring is 1. The molecule has 1 aromatic carbocycles. The molecule has 6 heteroatoms. The standard InChI is InChI=1S/C14H14N4OS/c15-10-3-1-9(2-4-10)12(19)7-16-14-13-11(5-6-20-13)17-8-18-14/h1-6,8,12,19H,7,15H2,(H,16,17,18). The molecule has 3 rings (SSSR count). The van der Waals surface area contributed by atoms with Gasteiger partial charge in [-0.15, -0.1) is 11.3 Å². The van der Waals surface area contributed by atoms with Crippen molar-refractivity contribution in [1.29, 1.82) is 0 Å². The minimum absolute atomic E-state index is 0.383. The van der Waals surface area contributed by atoms with Gasteiger partial charge in [-0.3, -0.25) is 0 Å². The molecule has 0 fully saturated rings. The van der Waals surface area contributed by atoms with Crippen LogP contribution in [0.5, 0.6) is 0 Å². The summed E-state index contributed by atoms with van der Waals surface area (Å²) in [6, 6.07) is 9.15. The second kappa shape index (κ2) is 5.44. The van der Waals surface area contributed by atoms with E-state index in [0.717, 1.165) is 21.6 Å². The predicted octanol–water partition coefficient (Wildman–Crippen LogP) is 2.42. The maximum absolute atomic E-state index is 10.2. The van der Waals surface area contributed by atoms with Crippen molar-refractivity contribution in [2.24, 2.45) is 0 Å². The van der Waals surface area contributed by atoms with Crippen LogP contribution in [0.25, 0.3) is 10.2 Å². The highest BCUT2D eigenvalue weighted by atomic mass is 32.1. The molecule has 2 heterocycles. The van der Waals surface area contributed by atoms with Crippen LogP contribution in [-0.4, -0.2) is 21.6 Å². The first kappa shape index (κ1) is 12.8. The van der Waals surface area contributed by atoms with E-state index in [9.17, 15) is 5.11 Å². The van der Waals surface area contributed by atoms with Crippen molar-refractivity contribution in [3.63, 3.8) is 0 Å². The van der Waals surface area contributed by atoms with Gasteiger partial charge in [-0.05, 0) is 29.1 Å². The summed E-state index contributed by atoms with van der Waals surface area (Å²) in [6.07, 6.45) is 0.910. The molecule has 2 aromatic heterocycles. The van der Waals surface area contributed by atoms with Crippen molar-refractivity contribution in [1.82, 2.24) is 9.97 Å². The third-order valence-electron chi connectivity index (χ3n) is 3.03. The number of aliphatic hydroxyl groups excluding tert-OH is 1. The Morgan fingerprint density at radius 3 is 2.80 bits per heavy atom. The number of hydrogen-bond acceptors (Lipinski definition) is 6. The van der Waals surface area contributed by atoms with Crippen molar-refractivity contribution >= 4 is 33.1 Å². The van der Waals surface area contributed by atoms with Gasteiger partial charge < -0.3 is 16.2 Å². The molecule has 0 aliphatic carbocycles. The monoisotopic (exact) mass is 286 g/mol. The summed E-state index contributed by atoms with van der Waals surface area (Å²) in [7, 11) is 0. The largest absolute Gasteiger partial charge is 0.399 e. The summed E-state index contributed by atoms with van der Waals surface area (Å²) in [4.78, 5) is 8.40. The van der Waals surface area contributed by atoms with Gasteiger partial charge in [0.2, 0.25) is 0 Å². The number of rotatable bonds is 4. The number of hydrogen-bond donors (Lipinski definition) is 3. The number of fused-ring (bicyclic) bond motifs is 1. The molecule has 0 saturated carbocycles. The van der Waals surface area contributed by atoms with Crippen molar-refractivity contribution in [3.8, 4) is 0 Å². The molecule has 0 aliphatic rings. The molecule has 5 nitrogen and oxygen atoms in total. The van der Waals surface area contributed by atoms with E-state index in [1.54, 1.807) is 23.5 Å². The highest BCUT2D eigenvalue weighted by molar-refractivity contribution is 7.17. The third kappa shape index (κ3) is 2.56. The maximum atomic E-state index is 10.2. The predicted molar refractivity (Wildman–Crippen MR) is 81.7 cm³/mol. The van der Waals surface area contributed by atoms with E-state index in [0.29, 0.717) is 12.2 Å². The molecule has 1 unspecified atom stereocenters. The first-order chi connectivity index (χ1) is 9.74. The smallest absolute Gasteiger partial charge is 0.147 e. The molecular formula is C14H14N4OS. The van der Waals surface area contributed by atoms with E-state index in [4.69, 9.17) is 5.73 Å². The molecular weight excluding hydrogens is 272 g/mol. The molecule has 4 N–H and O–H groups in total. The van der Waals surface area contributed by atoms with Gasteiger partial charge in [0.15, 0.2) is 0 Å². The fourth-order valence-electron chi connectivity index (χ4n) is 1.94. The Kier molecular flexibility index (Phi) is 3.49. The quantitative estimate of drug-likeness (QED) is 0.641. The molecule has 102 valence electrons. The van der Waals surface area contributed by atoms with Crippen molar-refractivity contribution in [2.45, 2.75) is 6.10 Å². The number of nitrogens with zero attached hydrogens (tertiary/aromatic N) is 2. The topological polar surface area (TPSA) is 84.1 Å². The van der Waals surface area contributed by atoms with Crippen LogP contribution in [0.15, 0.2) is 42.0 Å². The highest BCUT2D eigenvalue weighted by Gasteiger charge is 2.09. The Morgan fingerprint density at radius 1 is 1.20 bits per heavy atom. The summed E-state index contributed by atoms with van der Waals surface area (Å²) in [6.45, 7) is 0.383. The van der Waals surface area contributed by atoms with E-state index >= 15 is 0 Å². The molecule has 0 radical (unpaired) electrons. The van der Waals surface area contributed by atoms with Crippen LogP contribution in [-0.2, 0) is 0 Å². The fourth-order valence-corrected chi connectivity index (χ4v) is 2.76. The summed E-state index contributed by atoms with van der Waals surface area (Å²) < 4.78 is 0.997. The van der Waals surface area contributed by atoms with Crippen LogP contribution in [0, 0.1) is 0 Å². The zero-order chi connectivity index (χ0) is 13.9. The number of aliphatic hydroxyl groups is 1. The van der Waals surface area contributed by atoms with Gasteiger partial charge in [-0.1, -0.05) is 12.1 Å². The Balaban J connectivity index is 1.73. The lowest BCUT2D eigenvalue weighted by molar-refractivity contribution is 0.191. The number of benzene rings is 1. The minimum Gasteiger partial charge on any atom is -0.399 e. The van der Waals surface area contributed by atoms with E-state index in [1.165, 1.54) is 6.33 Å². The van der Waals surface area contributed by atoms with Gasteiger partial charge in [0, 0.05) is 12.2 Å². The van der Waals surface area contributed by atoms with E-state index in [2.05, 4.69) is 15.3 Å². The second-order valence-electron chi connectivity index (χ2n) is 4.42. The average Bonchev–Trinajstić information content (AvgIpc) is 2.94. The number of nitrogens with two attached hydrogens (primary N) is 1. The zero-order valence-electron chi connectivity index (χ0n) is 10.7. The maximum Gasteiger partial charge on any atom is 0.147 e. The fraction of sp³-hybridized carbons (Fsp3) is 0.143. The van der Waals surface area contributed by atoms with Crippen LogP contribution in [0.2, 0.25) is 0 Å². The summed E-state index contributed by atoms with van der Waals surface area (Å²) in [5.74, 6) is 0.750. The van der Waals surface area contributed by atoms with E-state index in [-0.39, 0.29) is 0 Å². The molecule has 0 saturated heterocycles. The lowest BCUT2D eigenvalue weighted by atomic mass is 10.1. The van der Waals surface area contributed by atoms with Crippen LogP contribution in [0.4, 0.5) is 11.5 Å². The molecule has 0 amide bonds. The Labute approximate surface area is 120 Å². The average molecular weight is 286 g/mol. The van der Waals surface area contributed by atoms with Crippen LogP contribution in [0.3, 0.4) is 0 Å². The lowest BCUT2D eigenvalue weighted by Gasteiger charge is -2.13. The SMILES string of the molecule is Nc1ccc(C(O)CNc2ncnc3ccsc23)cc1. The number of thiophene rings is 1. The van der Waals surface area contributed by atoms with Gasteiger partial charge in [-0.2, -0.15) is 0 Å². The van der Waals surface area contributed by atoms with E-state index in [1.807, 2.05) is 23.6 Å². The number of aromatic nitrogens is 2. The zero-order valence-corrected chi connectivity index (χ0v) is 11.5. The summed E-state index contributed by atoms with van der Waals surface area (Å²) in [5, 5.41) is 15.3. The summed E-state index contributed by atoms with van der Waals surface area (Å²) in [5.41, 5.74) is 8.05. The lowest BCUT2D eigenvalue weighted by Crippen LogP contribution is -2.13. The van der Waals surface area contributed by atoms with Crippen LogP contribution in [0.1, 0.15) is 11.7 Å². The normalized spacial score (nSPS) is 12.4. The van der Waals surface area contributed by atoms with Crippen LogP contribution < -0.4 is 11.1 Å². The minimum atomic E-state index is -0.611. The molecule has 0 bridgehead atoms. The van der Waals surface area contributed by atoms with Crippen LogP contribution >= 0.6 is 11.3 Å². The molecule has 0 spiro atoms. The Morgan fingerprint density at radius 2 is 2.00 bits per heavy atom. The van der Waals surface area contributed by atoms with Crippen molar-refractivity contribution in [3.05, 3.63) is 47.6 Å². The molecule has 1 atom stereocenters. The van der Waals surface area contributed by atoms with Gasteiger partial charge in [-0.25, -0.2) is 9.97 Å². The Hall–Kier alpha value is -2.18. The highest BCUT2D eigenvalue weighted by Crippen LogP contribution is 2.25. The second-order valence-corrected chi connectivity index (χ2v) is 5.34. The van der Waals surface area contributed by atoms with Crippen molar-refractivity contribution in [2.75, 3.05) is 17.6 Å². The first-order valence-electron chi connectivity index (χ1n) is 6.19. The molecule has 20 heavy (non-hydrogen) atoms. The number of anilines is 2. The first-order valence-corrected chi connectivity index (χ1v) is 7.07. The third-order valence-corrected chi connectivity index (χ3v) is 3.94. The molecule has 3 aromatic rings. The Bertz CT molecular complexity index is 711. The van der Waals surface area contributed by atoms with Gasteiger partial charge in [0.25, 0.3) is 0 Å². The molecule has 0 aliphatic heterocycles. The van der Waals surface area contributed by atoms with Gasteiger partial charge in [0.05, 0.1) is 16.3 Å². The van der Waals surface area contributed by atoms with Gasteiger partial charge in [0.1, 0.15) is 12.1 Å². The number of nitrogens with one attached hydrogen (secondary N) is 1. The van der Waals surface area contributed by atoms with Gasteiger partial charge >= 0.3 is 0 Å². The van der Waals surface area contributed by atoms with Crippen molar-refractivity contribution < 1.29 is 5.11 Å². The van der Waals surface area contributed by atoms with E-state index < -0.39 is 6.10 Å². The summed E-state index contributed by atoms with van der Waals surface area (Å²) >= 11 is 1.58.